The highest BCUT2D eigenvalue weighted by Gasteiger charge is 2.09. The predicted molar refractivity (Wildman–Crippen MR) is 93.0 cm³/mol. The predicted octanol–water partition coefficient (Wildman–Crippen LogP) is 4.71. The number of hydrazone groups is 1. The van der Waals surface area contributed by atoms with Gasteiger partial charge in [0.1, 0.15) is 0 Å². The van der Waals surface area contributed by atoms with Crippen LogP contribution in [0.3, 0.4) is 0 Å². The van der Waals surface area contributed by atoms with Crippen LogP contribution in [-0.4, -0.2) is 11.6 Å². The zero-order chi connectivity index (χ0) is 15.5. The molecule has 1 N–H and O–H groups in total. The number of amides is 1. The Morgan fingerprint density at radius 3 is 2.64 bits per heavy atom. The van der Waals surface area contributed by atoms with Crippen LogP contribution < -0.4 is 5.43 Å². The number of benzene rings is 2. The Labute approximate surface area is 137 Å². The summed E-state index contributed by atoms with van der Waals surface area (Å²) in [5.41, 5.74) is 3.95. The summed E-state index contributed by atoms with van der Waals surface area (Å²) in [5, 5.41) is 6.10. The Hall–Kier alpha value is -2.17. The molecule has 1 heterocycles. The van der Waals surface area contributed by atoms with Gasteiger partial charge in [-0.25, -0.2) is 5.43 Å². The third-order valence-corrected chi connectivity index (χ3v) is 4.63. The van der Waals surface area contributed by atoms with Gasteiger partial charge in [-0.3, -0.25) is 4.79 Å². The van der Waals surface area contributed by atoms with E-state index in [2.05, 4.69) is 10.5 Å². The molecule has 3 rings (SSSR count). The molecule has 2 aromatic carbocycles. The molecule has 0 bridgehead atoms. The van der Waals surface area contributed by atoms with Gasteiger partial charge in [0.15, 0.2) is 0 Å². The molecule has 0 unspecified atom stereocenters. The van der Waals surface area contributed by atoms with Crippen LogP contribution in [-0.2, 0) is 0 Å². The topological polar surface area (TPSA) is 41.5 Å². The van der Waals surface area contributed by atoms with Crippen molar-refractivity contribution in [2.24, 2.45) is 5.10 Å². The van der Waals surface area contributed by atoms with Gasteiger partial charge in [0.05, 0.1) is 14.9 Å². The van der Waals surface area contributed by atoms with Crippen molar-refractivity contribution in [3.63, 3.8) is 0 Å². The first-order valence-electron chi connectivity index (χ1n) is 6.73. The molecule has 0 spiro atoms. The third kappa shape index (κ3) is 3.03. The van der Waals surface area contributed by atoms with E-state index in [0.29, 0.717) is 9.90 Å². The molecule has 0 radical (unpaired) electrons. The number of fused-ring (bicyclic) bond motifs is 1. The molecule has 5 heteroatoms. The first-order valence-corrected chi connectivity index (χ1v) is 7.93. The molecule has 3 nitrogen and oxygen atoms in total. The number of rotatable bonds is 3. The summed E-state index contributed by atoms with van der Waals surface area (Å²) in [6.07, 6.45) is 0. The zero-order valence-corrected chi connectivity index (χ0v) is 13.4. The van der Waals surface area contributed by atoms with Gasteiger partial charge >= 0.3 is 0 Å². The maximum absolute atomic E-state index is 12.4. The molecule has 22 heavy (non-hydrogen) atoms. The molecular weight excluding hydrogens is 316 g/mol. The minimum Gasteiger partial charge on any atom is -0.267 e. The summed E-state index contributed by atoms with van der Waals surface area (Å²) < 4.78 is 0.699. The van der Waals surface area contributed by atoms with Crippen molar-refractivity contribution in [1.82, 2.24) is 5.43 Å². The fourth-order valence-corrected chi connectivity index (χ4v) is 3.17. The number of carbonyl (C=O) groups excluding carboxylic acids is 1. The molecular formula is C17H13ClN2OS. The second-order valence-corrected chi connectivity index (χ2v) is 6.48. The summed E-state index contributed by atoms with van der Waals surface area (Å²) in [4.78, 5) is 13.3. The molecule has 0 atom stereocenters. The molecule has 0 aliphatic carbocycles. The zero-order valence-electron chi connectivity index (χ0n) is 11.8. The fraction of sp³-hybridized carbons (Fsp3) is 0.0588. The lowest BCUT2D eigenvalue weighted by Gasteiger charge is -2.05. The largest absolute Gasteiger partial charge is 0.272 e. The van der Waals surface area contributed by atoms with E-state index >= 15 is 0 Å². The van der Waals surface area contributed by atoms with E-state index in [1.54, 1.807) is 6.07 Å². The van der Waals surface area contributed by atoms with E-state index in [9.17, 15) is 4.79 Å². The molecule has 3 aromatic rings. The number of hydrogen-bond acceptors (Lipinski definition) is 3. The second-order valence-electron chi connectivity index (χ2n) is 4.77. The highest BCUT2D eigenvalue weighted by atomic mass is 35.5. The number of thiophene rings is 1. The standard InChI is InChI=1S/C17H13ClN2OS/c1-11(15-9-10-16(18)22-15)19-20-17(21)14-8-4-6-12-5-2-3-7-13(12)14/h2-10H,1H3,(H,20,21)/b19-11+. The van der Waals surface area contributed by atoms with E-state index in [0.717, 1.165) is 21.4 Å². The lowest BCUT2D eigenvalue weighted by atomic mass is 10.0. The highest BCUT2D eigenvalue weighted by molar-refractivity contribution is 7.18. The van der Waals surface area contributed by atoms with E-state index in [4.69, 9.17) is 11.6 Å². The van der Waals surface area contributed by atoms with Crippen LogP contribution >= 0.6 is 22.9 Å². The minimum atomic E-state index is -0.223. The van der Waals surface area contributed by atoms with Crippen molar-refractivity contribution in [1.29, 1.82) is 0 Å². The van der Waals surface area contributed by atoms with Crippen LogP contribution in [0, 0.1) is 0 Å². The smallest absolute Gasteiger partial charge is 0.267 e. The van der Waals surface area contributed by atoms with Gasteiger partial charge in [-0.15, -0.1) is 11.3 Å². The summed E-state index contributed by atoms with van der Waals surface area (Å²) in [7, 11) is 0. The van der Waals surface area contributed by atoms with Crippen molar-refractivity contribution in [3.8, 4) is 0 Å². The van der Waals surface area contributed by atoms with Crippen molar-refractivity contribution in [2.45, 2.75) is 6.92 Å². The van der Waals surface area contributed by atoms with E-state index in [1.165, 1.54) is 11.3 Å². The first-order chi connectivity index (χ1) is 10.6. The fourth-order valence-electron chi connectivity index (χ4n) is 2.18. The Kier molecular flexibility index (Phi) is 4.22. The average Bonchev–Trinajstić information content (AvgIpc) is 2.98. The summed E-state index contributed by atoms with van der Waals surface area (Å²) in [5.74, 6) is -0.223. The highest BCUT2D eigenvalue weighted by Crippen LogP contribution is 2.22. The molecule has 0 aliphatic rings. The number of carbonyl (C=O) groups is 1. The summed E-state index contributed by atoms with van der Waals surface area (Å²) in [6.45, 7) is 1.84. The second kappa shape index (κ2) is 6.30. The van der Waals surface area contributed by atoms with Crippen LogP contribution in [0.5, 0.6) is 0 Å². The number of nitrogens with one attached hydrogen (secondary N) is 1. The van der Waals surface area contributed by atoms with Crippen molar-refractivity contribution < 1.29 is 4.79 Å². The molecule has 0 fully saturated rings. The van der Waals surface area contributed by atoms with Crippen molar-refractivity contribution in [2.75, 3.05) is 0 Å². The van der Waals surface area contributed by atoms with Gasteiger partial charge in [-0.05, 0) is 35.9 Å². The van der Waals surface area contributed by atoms with Gasteiger partial charge < -0.3 is 0 Å². The molecule has 110 valence electrons. The Morgan fingerprint density at radius 2 is 1.86 bits per heavy atom. The quantitative estimate of drug-likeness (QED) is 0.549. The molecule has 1 amide bonds. The number of nitrogens with zero attached hydrogens (tertiary/aromatic N) is 1. The third-order valence-electron chi connectivity index (χ3n) is 3.29. The van der Waals surface area contributed by atoms with Crippen LogP contribution in [0.1, 0.15) is 22.2 Å². The first kappa shape index (κ1) is 14.8. The Bertz CT molecular complexity index is 864. The SMILES string of the molecule is C/C(=N\NC(=O)c1cccc2ccccc12)c1ccc(Cl)s1. The van der Waals surface area contributed by atoms with Crippen LogP contribution in [0.15, 0.2) is 59.7 Å². The molecule has 0 saturated carbocycles. The number of hydrogen-bond donors (Lipinski definition) is 1. The summed E-state index contributed by atoms with van der Waals surface area (Å²) in [6, 6.07) is 17.1. The van der Waals surface area contributed by atoms with Gasteiger partial charge in [0, 0.05) is 5.56 Å². The average molecular weight is 329 g/mol. The molecule has 1 aromatic heterocycles. The van der Waals surface area contributed by atoms with Crippen LogP contribution in [0.4, 0.5) is 0 Å². The Morgan fingerprint density at radius 1 is 1.09 bits per heavy atom. The summed E-state index contributed by atoms with van der Waals surface area (Å²) >= 11 is 7.33. The lowest BCUT2D eigenvalue weighted by Crippen LogP contribution is -2.19. The van der Waals surface area contributed by atoms with Crippen molar-refractivity contribution >= 4 is 45.3 Å². The molecule has 0 saturated heterocycles. The van der Waals surface area contributed by atoms with Gasteiger partial charge in [-0.2, -0.15) is 5.10 Å². The van der Waals surface area contributed by atoms with Gasteiger partial charge in [0.25, 0.3) is 5.91 Å². The maximum atomic E-state index is 12.4. The minimum absolute atomic E-state index is 0.223. The maximum Gasteiger partial charge on any atom is 0.272 e. The van der Waals surface area contributed by atoms with E-state index in [1.807, 2.05) is 55.5 Å². The van der Waals surface area contributed by atoms with E-state index in [-0.39, 0.29) is 5.91 Å². The van der Waals surface area contributed by atoms with Gasteiger partial charge in [0.2, 0.25) is 0 Å². The Balaban J connectivity index is 1.85. The van der Waals surface area contributed by atoms with Crippen LogP contribution in [0.2, 0.25) is 4.34 Å². The van der Waals surface area contributed by atoms with Gasteiger partial charge in [-0.1, -0.05) is 48.0 Å². The normalized spacial score (nSPS) is 11.6. The number of halogens is 1. The lowest BCUT2D eigenvalue weighted by molar-refractivity contribution is 0.0956. The van der Waals surface area contributed by atoms with Crippen molar-refractivity contribution in [3.05, 3.63) is 69.4 Å². The van der Waals surface area contributed by atoms with Crippen LogP contribution in [0.25, 0.3) is 10.8 Å². The molecule has 0 aliphatic heterocycles. The monoisotopic (exact) mass is 328 g/mol. The van der Waals surface area contributed by atoms with E-state index < -0.39 is 0 Å².